The number of unbranched alkanes of at least 4 members (excludes halogenated alkanes) is 2. The maximum atomic E-state index is 13.1. The van der Waals surface area contributed by atoms with Crippen LogP contribution in [-0.4, -0.2) is 73.8 Å². The van der Waals surface area contributed by atoms with E-state index in [0.717, 1.165) is 36.0 Å². The number of amides is 1. The molecule has 12 heteroatoms. The molecule has 3 fully saturated rings. The van der Waals surface area contributed by atoms with Gasteiger partial charge in [-0.05, 0) is 54.2 Å². The van der Waals surface area contributed by atoms with Crippen molar-refractivity contribution in [1.29, 1.82) is 0 Å². The molecule has 3 aliphatic rings. The Morgan fingerprint density at radius 1 is 0.836 bits per heavy atom. The second-order valence-corrected chi connectivity index (χ2v) is 14.9. The van der Waals surface area contributed by atoms with Crippen molar-refractivity contribution in [1.82, 2.24) is 4.90 Å². The quantitative estimate of drug-likeness (QED) is 0.0612. The molecule has 6 rings (SSSR count). The molecule has 3 saturated heterocycles. The van der Waals surface area contributed by atoms with Crippen LogP contribution in [0.4, 0.5) is 4.79 Å². The van der Waals surface area contributed by atoms with Crippen molar-refractivity contribution in [3.8, 4) is 0 Å². The van der Waals surface area contributed by atoms with Gasteiger partial charge >= 0.3 is 6.09 Å². The molecule has 0 radical (unpaired) electrons. The molecule has 3 aromatic rings. The summed E-state index contributed by atoms with van der Waals surface area (Å²) in [6, 6.07) is 29.0. The van der Waals surface area contributed by atoms with Gasteiger partial charge < -0.3 is 38.1 Å². The Hall–Kier alpha value is -4.00. The van der Waals surface area contributed by atoms with Gasteiger partial charge in [-0.1, -0.05) is 124 Å². The van der Waals surface area contributed by atoms with Crippen molar-refractivity contribution in [3.05, 3.63) is 118 Å². The van der Waals surface area contributed by atoms with Crippen molar-refractivity contribution in [2.45, 2.75) is 116 Å². The Bertz CT molecular complexity index is 1650. The minimum Gasteiger partial charge on any atom is -0.445 e. The molecule has 3 heterocycles. The van der Waals surface area contributed by atoms with Crippen LogP contribution in [0.1, 0.15) is 76.4 Å². The van der Waals surface area contributed by atoms with Crippen LogP contribution in [-0.2, 0) is 46.3 Å². The molecule has 3 aliphatic heterocycles. The molecule has 296 valence electrons. The molecule has 0 aromatic heterocycles. The first-order valence-corrected chi connectivity index (χ1v) is 19.8. The van der Waals surface area contributed by atoms with Gasteiger partial charge in [-0.15, -0.1) is 0 Å². The molecule has 0 spiro atoms. The van der Waals surface area contributed by atoms with Crippen LogP contribution in [0.15, 0.2) is 96.1 Å². The zero-order valence-electron chi connectivity index (χ0n) is 32.4. The van der Waals surface area contributed by atoms with Gasteiger partial charge in [-0.25, -0.2) is 4.79 Å². The number of nitrogens with zero attached hydrogens (tertiary/aromatic N) is 4. The third-order valence-corrected chi connectivity index (χ3v) is 11.1. The SMILES string of the molecule is CCC1O[C@H](OCCCCCN(Cc2ccccc2)C(=O)OCc2ccccc2)C(N=[N+]=[N-])[C@@H](C)[C@@H]1O[C@@H]1OC2COC(c3ccccc3)O[C@H]2[C@H](C)C1C. The molecule has 5 unspecified atom stereocenters. The average Bonchev–Trinajstić information content (AvgIpc) is 3.22. The predicted molar refractivity (Wildman–Crippen MR) is 206 cm³/mol. The van der Waals surface area contributed by atoms with E-state index in [2.05, 4.69) is 30.8 Å². The normalized spacial score (nSPS) is 30.4. The number of fused-ring (bicyclic) bond motifs is 1. The highest BCUT2D eigenvalue weighted by atomic mass is 16.8. The smallest absolute Gasteiger partial charge is 0.410 e. The van der Waals surface area contributed by atoms with Gasteiger partial charge in [-0.2, -0.15) is 0 Å². The highest BCUT2D eigenvalue weighted by molar-refractivity contribution is 5.67. The molecule has 0 bridgehead atoms. The molecule has 1 amide bonds. The van der Waals surface area contributed by atoms with Crippen molar-refractivity contribution in [2.75, 3.05) is 19.8 Å². The van der Waals surface area contributed by atoms with Crippen molar-refractivity contribution >= 4 is 6.09 Å². The highest BCUT2D eigenvalue weighted by Gasteiger charge is 2.50. The Morgan fingerprint density at radius 2 is 1.53 bits per heavy atom. The molecule has 0 aliphatic carbocycles. The van der Waals surface area contributed by atoms with Crippen LogP contribution in [0.2, 0.25) is 0 Å². The molecule has 0 N–H and O–H groups in total. The minimum absolute atomic E-state index is 0.0294. The van der Waals surface area contributed by atoms with Gasteiger partial charge in [0.1, 0.15) is 12.7 Å². The van der Waals surface area contributed by atoms with Crippen molar-refractivity contribution in [3.63, 3.8) is 0 Å². The molecule has 3 aromatic carbocycles. The molecular weight excluding hydrogens is 700 g/mol. The number of hydrogen-bond donors (Lipinski definition) is 0. The van der Waals surface area contributed by atoms with E-state index < -0.39 is 24.9 Å². The number of carbonyl (C=O) groups is 1. The van der Waals surface area contributed by atoms with E-state index in [1.807, 2.05) is 97.9 Å². The minimum atomic E-state index is -0.707. The van der Waals surface area contributed by atoms with Crippen LogP contribution >= 0.6 is 0 Å². The Labute approximate surface area is 325 Å². The van der Waals surface area contributed by atoms with Crippen LogP contribution in [0.5, 0.6) is 0 Å². The summed E-state index contributed by atoms with van der Waals surface area (Å²) in [5.74, 6) is -0.0204. The van der Waals surface area contributed by atoms with E-state index >= 15 is 0 Å². The number of rotatable bonds is 16. The fourth-order valence-corrected chi connectivity index (χ4v) is 7.70. The van der Waals surface area contributed by atoms with Crippen LogP contribution < -0.4 is 0 Å². The summed E-state index contributed by atoms with van der Waals surface area (Å²) in [4.78, 5) is 18.1. The molecule has 11 atom stereocenters. The van der Waals surface area contributed by atoms with Crippen molar-refractivity contribution < 1.29 is 38.0 Å². The summed E-state index contributed by atoms with van der Waals surface area (Å²) in [7, 11) is 0. The van der Waals surface area contributed by atoms with E-state index in [0.29, 0.717) is 32.7 Å². The number of azide groups is 1. The van der Waals surface area contributed by atoms with E-state index in [1.54, 1.807) is 4.90 Å². The Morgan fingerprint density at radius 3 is 2.22 bits per heavy atom. The molecule has 12 nitrogen and oxygen atoms in total. The Kier molecular flexibility index (Phi) is 15.0. The summed E-state index contributed by atoms with van der Waals surface area (Å²) in [6.07, 6.45) is -0.0370. The standard InChI is InChI=1S/C43H56N4O8/c1-5-35-39(54-40-30(3)29(2)38-36(53-40)28-50-41(55-38)34-22-14-8-15-23-34)31(4)37(45-46-44)42(52-35)49-25-17-9-16-24-47(26-32-18-10-6-11-19-32)43(48)51-27-33-20-12-7-13-21-33/h6-8,10-15,18-23,29-31,35-42H,5,9,16-17,24-28H2,1-4H3/t29-,30?,31-,35?,36?,37?,38+,39+,40+,41?,42+/m1/s1. The number of ether oxygens (including phenoxy) is 7. The number of hydrogen-bond acceptors (Lipinski definition) is 9. The maximum Gasteiger partial charge on any atom is 0.410 e. The largest absolute Gasteiger partial charge is 0.445 e. The summed E-state index contributed by atoms with van der Waals surface area (Å²) in [5.41, 5.74) is 12.5. The fraction of sp³-hybridized carbons (Fsp3) is 0.558. The number of carbonyl (C=O) groups excluding carboxylic acids is 1. The van der Waals surface area contributed by atoms with E-state index in [1.165, 1.54) is 0 Å². The van der Waals surface area contributed by atoms with E-state index in [4.69, 9.17) is 33.2 Å². The van der Waals surface area contributed by atoms with E-state index in [9.17, 15) is 10.3 Å². The van der Waals surface area contributed by atoms with Gasteiger partial charge in [-0.3, -0.25) is 0 Å². The summed E-state index contributed by atoms with van der Waals surface area (Å²) < 4.78 is 44.2. The topological polar surface area (TPSA) is 134 Å². The van der Waals surface area contributed by atoms with Crippen LogP contribution in [0.25, 0.3) is 10.4 Å². The van der Waals surface area contributed by atoms with Gasteiger partial charge in [0.05, 0.1) is 31.0 Å². The third kappa shape index (κ3) is 10.7. The van der Waals surface area contributed by atoms with Gasteiger partial charge in [0.15, 0.2) is 18.9 Å². The zero-order chi connectivity index (χ0) is 38.6. The van der Waals surface area contributed by atoms with Crippen LogP contribution in [0, 0.1) is 17.8 Å². The summed E-state index contributed by atoms with van der Waals surface area (Å²) in [6.45, 7) is 10.4. The lowest BCUT2D eigenvalue weighted by Crippen LogP contribution is -2.59. The highest BCUT2D eigenvalue weighted by Crippen LogP contribution is 2.42. The second kappa shape index (κ2) is 20.2. The monoisotopic (exact) mass is 756 g/mol. The zero-order valence-corrected chi connectivity index (χ0v) is 32.4. The van der Waals surface area contributed by atoms with Crippen molar-refractivity contribution in [2.24, 2.45) is 22.9 Å². The lowest BCUT2D eigenvalue weighted by molar-refractivity contribution is -0.361. The van der Waals surface area contributed by atoms with Gasteiger partial charge in [0, 0.05) is 36.1 Å². The lowest BCUT2D eigenvalue weighted by Gasteiger charge is -2.50. The molecule has 0 saturated carbocycles. The maximum absolute atomic E-state index is 13.1. The van der Waals surface area contributed by atoms with E-state index in [-0.39, 0.29) is 54.9 Å². The average molecular weight is 757 g/mol. The van der Waals surface area contributed by atoms with Crippen LogP contribution in [0.3, 0.4) is 0 Å². The molecular formula is C43H56N4O8. The fourth-order valence-electron chi connectivity index (χ4n) is 7.70. The summed E-state index contributed by atoms with van der Waals surface area (Å²) >= 11 is 0. The lowest BCUT2D eigenvalue weighted by atomic mass is 9.83. The van der Waals surface area contributed by atoms with Gasteiger partial charge in [0.25, 0.3) is 0 Å². The predicted octanol–water partition coefficient (Wildman–Crippen LogP) is 8.96. The number of benzene rings is 3. The summed E-state index contributed by atoms with van der Waals surface area (Å²) in [5, 5.41) is 4.14. The van der Waals surface area contributed by atoms with Gasteiger partial charge in [0.2, 0.25) is 0 Å². The first kappa shape index (κ1) is 40.7. The molecule has 55 heavy (non-hydrogen) atoms. The first-order valence-electron chi connectivity index (χ1n) is 19.8. The second-order valence-electron chi connectivity index (χ2n) is 14.9. The Balaban J connectivity index is 0.990. The first-order chi connectivity index (χ1) is 26.9. The third-order valence-electron chi connectivity index (χ3n) is 11.1.